The Labute approximate surface area is 71.7 Å². The summed E-state index contributed by atoms with van der Waals surface area (Å²) in [4.78, 5) is 10.9. The zero-order valence-corrected chi connectivity index (χ0v) is 7.08. The summed E-state index contributed by atoms with van der Waals surface area (Å²) in [6, 6.07) is 0. The standard InChI is InChI=1S/C9H12O3/c1-4-5-11-8-6(2)9(10)12-7(8)3/h4,7-8H,1-2,5H2,3H3. The Morgan fingerprint density at radius 3 is 2.83 bits per heavy atom. The van der Waals surface area contributed by atoms with Gasteiger partial charge < -0.3 is 9.47 Å². The van der Waals surface area contributed by atoms with Gasteiger partial charge in [-0.25, -0.2) is 4.79 Å². The van der Waals surface area contributed by atoms with E-state index in [-0.39, 0.29) is 18.2 Å². The Bertz CT molecular complexity index is 220. The van der Waals surface area contributed by atoms with E-state index >= 15 is 0 Å². The van der Waals surface area contributed by atoms with Crippen molar-refractivity contribution in [1.82, 2.24) is 0 Å². The number of carbonyl (C=O) groups excluding carboxylic acids is 1. The maximum atomic E-state index is 10.9. The molecule has 3 heteroatoms. The van der Waals surface area contributed by atoms with Crippen molar-refractivity contribution in [3.05, 3.63) is 24.8 Å². The molecule has 1 fully saturated rings. The van der Waals surface area contributed by atoms with Gasteiger partial charge in [0.05, 0.1) is 12.2 Å². The summed E-state index contributed by atoms with van der Waals surface area (Å²) >= 11 is 0. The van der Waals surface area contributed by atoms with Crippen molar-refractivity contribution in [2.75, 3.05) is 6.61 Å². The average Bonchev–Trinajstić information content (AvgIpc) is 2.25. The van der Waals surface area contributed by atoms with Crippen LogP contribution < -0.4 is 0 Å². The van der Waals surface area contributed by atoms with Gasteiger partial charge in [-0.3, -0.25) is 0 Å². The van der Waals surface area contributed by atoms with Crippen LogP contribution in [0.5, 0.6) is 0 Å². The van der Waals surface area contributed by atoms with E-state index < -0.39 is 0 Å². The Balaban J connectivity index is 2.57. The van der Waals surface area contributed by atoms with Gasteiger partial charge in [0.2, 0.25) is 0 Å². The van der Waals surface area contributed by atoms with Crippen LogP contribution in [0.2, 0.25) is 0 Å². The van der Waals surface area contributed by atoms with Gasteiger partial charge in [0.25, 0.3) is 0 Å². The highest BCUT2D eigenvalue weighted by Crippen LogP contribution is 2.22. The first-order valence-corrected chi connectivity index (χ1v) is 3.79. The third-order valence-electron chi connectivity index (χ3n) is 1.72. The second kappa shape index (κ2) is 3.54. The van der Waals surface area contributed by atoms with Crippen molar-refractivity contribution >= 4 is 5.97 Å². The number of carbonyl (C=O) groups is 1. The molecule has 0 radical (unpaired) electrons. The molecular formula is C9H12O3. The number of hydrogen-bond donors (Lipinski definition) is 0. The third kappa shape index (κ3) is 1.56. The van der Waals surface area contributed by atoms with E-state index in [1.807, 2.05) is 0 Å². The van der Waals surface area contributed by atoms with Crippen LogP contribution in [0.3, 0.4) is 0 Å². The summed E-state index contributed by atoms with van der Waals surface area (Å²) in [5.41, 5.74) is 0.393. The van der Waals surface area contributed by atoms with Gasteiger partial charge in [0.1, 0.15) is 12.2 Å². The molecule has 1 heterocycles. The summed E-state index contributed by atoms with van der Waals surface area (Å²) < 4.78 is 10.2. The molecule has 66 valence electrons. The van der Waals surface area contributed by atoms with E-state index in [4.69, 9.17) is 9.47 Å². The maximum Gasteiger partial charge on any atom is 0.336 e. The molecule has 2 atom stereocenters. The van der Waals surface area contributed by atoms with Crippen molar-refractivity contribution in [3.63, 3.8) is 0 Å². The van der Waals surface area contributed by atoms with E-state index in [0.29, 0.717) is 12.2 Å². The predicted octanol–water partition coefficient (Wildman–Crippen LogP) is 1.06. The first kappa shape index (κ1) is 9.00. The monoisotopic (exact) mass is 168 g/mol. The molecule has 0 aromatic rings. The van der Waals surface area contributed by atoms with Gasteiger partial charge in [-0.2, -0.15) is 0 Å². The van der Waals surface area contributed by atoms with E-state index in [0.717, 1.165) is 0 Å². The summed E-state index contributed by atoms with van der Waals surface area (Å²) in [5, 5.41) is 0. The van der Waals surface area contributed by atoms with Crippen LogP contribution in [0.1, 0.15) is 6.92 Å². The minimum absolute atomic E-state index is 0.232. The normalized spacial score (nSPS) is 28.8. The van der Waals surface area contributed by atoms with Crippen molar-refractivity contribution in [1.29, 1.82) is 0 Å². The van der Waals surface area contributed by atoms with Crippen LogP contribution in [0.4, 0.5) is 0 Å². The number of cyclic esters (lactones) is 1. The molecule has 0 bridgehead atoms. The molecule has 12 heavy (non-hydrogen) atoms. The fourth-order valence-electron chi connectivity index (χ4n) is 1.11. The van der Waals surface area contributed by atoms with Crippen LogP contribution in [-0.4, -0.2) is 24.8 Å². The van der Waals surface area contributed by atoms with Crippen molar-refractivity contribution in [3.8, 4) is 0 Å². The second-order valence-corrected chi connectivity index (χ2v) is 2.68. The SMILES string of the molecule is C=CCOC1C(=C)C(=O)OC1C. The predicted molar refractivity (Wildman–Crippen MR) is 44.6 cm³/mol. The first-order chi connectivity index (χ1) is 5.66. The topological polar surface area (TPSA) is 35.5 Å². The molecule has 0 aliphatic carbocycles. The Morgan fingerprint density at radius 2 is 2.42 bits per heavy atom. The molecule has 1 aliphatic rings. The molecule has 0 spiro atoms. The Hall–Kier alpha value is -1.09. The van der Waals surface area contributed by atoms with Crippen molar-refractivity contribution < 1.29 is 14.3 Å². The molecule has 0 N–H and O–H groups in total. The van der Waals surface area contributed by atoms with E-state index in [2.05, 4.69) is 13.2 Å². The van der Waals surface area contributed by atoms with Gasteiger partial charge in [0.15, 0.2) is 0 Å². The molecular weight excluding hydrogens is 156 g/mol. The van der Waals surface area contributed by atoms with Crippen LogP contribution in [0.15, 0.2) is 24.8 Å². The zero-order chi connectivity index (χ0) is 9.14. The lowest BCUT2D eigenvalue weighted by molar-refractivity contribution is -0.139. The Morgan fingerprint density at radius 1 is 1.75 bits per heavy atom. The summed E-state index contributed by atoms with van der Waals surface area (Å²) in [6.45, 7) is 9.29. The molecule has 3 nitrogen and oxygen atoms in total. The highest BCUT2D eigenvalue weighted by atomic mass is 16.6. The summed E-state index contributed by atoms with van der Waals surface area (Å²) in [6.07, 6.45) is 1.09. The number of hydrogen-bond acceptors (Lipinski definition) is 3. The molecule has 2 unspecified atom stereocenters. The smallest absolute Gasteiger partial charge is 0.336 e. The van der Waals surface area contributed by atoms with Crippen LogP contribution in [-0.2, 0) is 14.3 Å². The van der Waals surface area contributed by atoms with Gasteiger partial charge >= 0.3 is 5.97 Å². The van der Waals surface area contributed by atoms with E-state index in [1.54, 1.807) is 13.0 Å². The maximum absolute atomic E-state index is 10.9. The van der Waals surface area contributed by atoms with Gasteiger partial charge in [-0.05, 0) is 6.92 Å². The fourth-order valence-corrected chi connectivity index (χ4v) is 1.11. The van der Waals surface area contributed by atoms with Gasteiger partial charge in [0, 0.05) is 0 Å². The number of ether oxygens (including phenoxy) is 2. The molecule has 1 saturated heterocycles. The highest BCUT2D eigenvalue weighted by Gasteiger charge is 2.36. The minimum Gasteiger partial charge on any atom is -0.456 e. The lowest BCUT2D eigenvalue weighted by atomic mass is 10.1. The summed E-state index contributed by atoms with van der Waals surface area (Å²) in [5.74, 6) is -0.364. The van der Waals surface area contributed by atoms with E-state index in [9.17, 15) is 4.79 Å². The Kier molecular flexibility index (Phi) is 2.65. The lowest BCUT2D eigenvalue weighted by Crippen LogP contribution is -2.22. The minimum atomic E-state index is -0.364. The lowest BCUT2D eigenvalue weighted by Gasteiger charge is -2.12. The molecule has 0 amide bonds. The van der Waals surface area contributed by atoms with Crippen LogP contribution in [0.25, 0.3) is 0 Å². The quantitative estimate of drug-likeness (QED) is 0.359. The fraction of sp³-hybridized carbons (Fsp3) is 0.444. The largest absolute Gasteiger partial charge is 0.456 e. The molecule has 0 aromatic carbocycles. The summed E-state index contributed by atoms with van der Waals surface area (Å²) in [7, 11) is 0. The van der Waals surface area contributed by atoms with Gasteiger partial charge in [-0.1, -0.05) is 12.7 Å². The number of esters is 1. The second-order valence-electron chi connectivity index (χ2n) is 2.68. The van der Waals surface area contributed by atoms with Crippen molar-refractivity contribution in [2.45, 2.75) is 19.1 Å². The highest BCUT2D eigenvalue weighted by molar-refractivity contribution is 5.91. The average molecular weight is 168 g/mol. The first-order valence-electron chi connectivity index (χ1n) is 3.79. The molecule has 0 aromatic heterocycles. The van der Waals surface area contributed by atoms with Crippen LogP contribution >= 0.6 is 0 Å². The molecule has 1 aliphatic heterocycles. The third-order valence-corrected chi connectivity index (χ3v) is 1.72. The zero-order valence-electron chi connectivity index (χ0n) is 7.08. The van der Waals surface area contributed by atoms with Crippen molar-refractivity contribution in [2.24, 2.45) is 0 Å². The molecule has 1 rings (SSSR count). The molecule has 0 saturated carbocycles. The van der Waals surface area contributed by atoms with Crippen LogP contribution in [0, 0.1) is 0 Å². The van der Waals surface area contributed by atoms with E-state index in [1.165, 1.54) is 0 Å². The van der Waals surface area contributed by atoms with Gasteiger partial charge in [-0.15, -0.1) is 6.58 Å². The number of rotatable bonds is 3.